The van der Waals surface area contributed by atoms with Gasteiger partial charge in [0, 0.05) is 31.5 Å². The van der Waals surface area contributed by atoms with Crippen molar-refractivity contribution in [3.63, 3.8) is 0 Å². The van der Waals surface area contributed by atoms with Gasteiger partial charge in [-0.2, -0.15) is 9.61 Å². The molecule has 4 heterocycles. The quantitative estimate of drug-likeness (QED) is 0.422. The summed E-state index contributed by atoms with van der Waals surface area (Å²) in [6, 6.07) is 6.03. The summed E-state index contributed by atoms with van der Waals surface area (Å²) in [4.78, 5) is 11.5. The highest BCUT2D eigenvalue weighted by Gasteiger charge is 2.11. The number of aromatic nitrogens is 4. The molecule has 0 amide bonds. The van der Waals surface area contributed by atoms with E-state index >= 15 is 0 Å². The third-order valence-electron chi connectivity index (χ3n) is 5.53. The van der Waals surface area contributed by atoms with E-state index in [0.29, 0.717) is 6.54 Å². The van der Waals surface area contributed by atoms with Gasteiger partial charge in [-0.05, 0) is 72.9 Å². The number of hydrogen-bond acceptors (Lipinski definition) is 6. The van der Waals surface area contributed by atoms with Gasteiger partial charge in [-0.3, -0.25) is 4.98 Å². The highest BCUT2D eigenvalue weighted by molar-refractivity contribution is 9.10. The standard InChI is InChI=1S/C22H30BrN7/c23-19-17-27-30-21(26-16-18-8-7-9-24-15-18)14-20(28-22(19)30)25-10-3-1-4-11-29-12-5-2-6-13-29/h7-9,14-15,17,26H,1-6,10-13,16H2,(H,25,28). The van der Waals surface area contributed by atoms with Crippen LogP contribution >= 0.6 is 15.9 Å². The molecule has 0 atom stereocenters. The average Bonchev–Trinajstić information content (AvgIpc) is 3.17. The molecule has 30 heavy (non-hydrogen) atoms. The lowest BCUT2D eigenvalue weighted by Gasteiger charge is -2.26. The molecular formula is C22H30BrN7. The van der Waals surface area contributed by atoms with Gasteiger partial charge in [-0.1, -0.05) is 18.9 Å². The minimum absolute atomic E-state index is 0.681. The molecule has 1 aliphatic rings. The van der Waals surface area contributed by atoms with Gasteiger partial charge in [-0.25, -0.2) is 4.98 Å². The Morgan fingerprint density at radius 3 is 2.77 bits per heavy atom. The van der Waals surface area contributed by atoms with Crippen LogP contribution in [0.4, 0.5) is 11.6 Å². The molecule has 4 rings (SSSR count). The van der Waals surface area contributed by atoms with E-state index in [2.05, 4.69) is 47.6 Å². The minimum Gasteiger partial charge on any atom is -0.370 e. The van der Waals surface area contributed by atoms with Gasteiger partial charge in [0.2, 0.25) is 0 Å². The number of rotatable bonds is 10. The molecule has 0 saturated carbocycles. The van der Waals surface area contributed by atoms with Crippen LogP contribution in [0.5, 0.6) is 0 Å². The summed E-state index contributed by atoms with van der Waals surface area (Å²) in [6.45, 7) is 5.43. The first kappa shape index (κ1) is 21.1. The van der Waals surface area contributed by atoms with Crippen LogP contribution in [-0.2, 0) is 6.54 Å². The number of anilines is 2. The van der Waals surface area contributed by atoms with Gasteiger partial charge in [0.05, 0.1) is 10.7 Å². The van der Waals surface area contributed by atoms with Crippen molar-refractivity contribution in [3.05, 3.63) is 46.8 Å². The number of nitrogens with zero attached hydrogens (tertiary/aromatic N) is 5. The maximum absolute atomic E-state index is 4.72. The fraction of sp³-hybridized carbons (Fsp3) is 0.500. The van der Waals surface area contributed by atoms with E-state index in [1.165, 1.54) is 51.7 Å². The summed E-state index contributed by atoms with van der Waals surface area (Å²) in [5.41, 5.74) is 1.93. The Bertz CT molecular complexity index is 922. The number of halogens is 1. The molecule has 1 saturated heterocycles. The molecule has 0 bridgehead atoms. The van der Waals surface area contributed by atoms with Crippen molar-refractivity contribution in [2.45, 2.75) is 45.1 Å². The van der Waals surface area contributed by atoms with Gasteiger partial charge in [0.25, 0.3) is 0 Å². The second kappa shape index (κ2) is 10.7. The number of hydrogen-bond donors (Lipinski definition) is 2. The maximum atomic E-state index is 4.72. The number of pyridine rings is 1. The van der Waals surface area contributed by atoms with Crippen molar-refractivity contribution in [3.8, 4) is 0 Å². The molecule has 0 aromatic carbocycles. The molecule has 8 heteroatoms. The first-order chi connectivity index (χ1) is 14.8. The van der Waals surface area contributed by atoms with E-state index in [0.717, 1.165) is 40.3 Å². The average molecular weight is 472 g/mol. The molecule has 0 unspecified atom stereocenters. The normalized spacial score (nSPS) is 14.8. The monoisotopic (exact) mass is 471 g/mol. The summed E-state index contributed by atoms with van der Waals surface area (Å²) < 4.78 is 2.71. The first-order valence-electron chi connectivity index (χ1n) is 10.9. The molecule has 2 N–H and O–H groups in total. The lowest BCUT2D eigenvalue weighted by molar-refractivity contribution is 0.224. The van der Waals surface area contributed by atoms with Gasteiger partial charge < -0.3 is 15.5 Å². The Kier molecular flexibility index (Phi) is 7.53. The highest BCUT2D eigenvalue weighted by atomic mass is 79.9. The topological polar surface area (TPSA) is 70.4 Å². The predicted octanol–water partition coefficient (Wildman–Crippen LogP) is 4.57. The molecule has 3 aromatic heterocycles. The van der Waals surface area contributed by atoms with Gasteiger partial charge in [0.15, 0.2) is 5.65 Å². The lowest BCUT2D eigenvalue weighted by Crippen LogP contribution is -2.30. The third-order valence-corrected chi connectivity index (χ3v) is 6.09. The Morgan fingerprint density at radius 1 is 1.03 bits per heavy atom. The Labute approximate surface area is 186 Å². The van der Waals surface area contributed by atoms with E-state index in [4.69, 9.17) is 4.98 Å². The second-order valence-corrected chi connectivity index (χ2v) is 8.71. The third kappa shape index (κ3) is 5.70. The van der Waals surface area contributed by atoms with Crippen LogP contribution in [0.1, 0.15) is 44.1 Å². The van der Waals surface area contributed by atoms with Gasteiger partial charge in [-0.15, -0.1) is 0 Å². The minimum atomic E-state index is 0.681. The number of nitrogens with one attached hydrogen (secondary N) is 2. The van der Waals surface area contributed by atoms with E-state index in [1.54, 1.807) is 12.4 Å². The van der Waals surface area contributed by atoms with E-state index in [-0.39, 0.29) is 0 Å². The van der Waals surface area contributed by atoms with Crippen molar-refractivity contribution in [1.29, 1.82) is 0 Å². The SMILES string of the molecule is Brc1cnn2c(NCc3cccnc3)cc(NCCCCCN3CCCCC3)nc12. The molecule has 160 valence electrons. The summed E-state index contributed by atoms with van der Waals surface area (Å²) in [6.07, 6.45) is 13.3. The summed E-state index contributed by atoms with van der Waals surface area (Å²) >= 11 is 3.56. The van der Waals surface area contributed by atoms with E-state index in [9.17, 15) is 0 Å². The van der Waals surface area contributed by atoms with E-state index < -0.39 is 0 Å². The fourth-order valence-corrected chi connectivity index (χ4v) is 4.23. The fourth-order valence-electron chi connectivity index (χ4n) is 3.88. The maximum Gasteiger partial charge on any atom is 0.173 e. The zero-order chi connectivity index (χ0) is 20.6. The summed E-state index contributed by atoms with van der Waals surface area (Å²) in [5.74, 6) is 1.77. The first-order valence-corrected chi connectivity index (χ1v) is 11.7. The van der Waals surface area contributed by atoms with Crippen LogP contribution in [0, 0.1) is 0 Å². The van der Waals surface area contributed by atoms with Crippen LogP contribution in [0.25, 0.3) is 5.65 Å². The van der Waals surface area contributed by atoms with Crippen molar-refractivity contribution < 1.29 is 0 Å². The zero-order valence-electron chi connectivity index (χ0n) is 17.4. The molecule has 1 fully saturated rings. The number of fused-ring (bicyclic) bond motifs is 1. The largest absolute Gasteiger partial charge is 0.370 e. The van der Waals surface area contributed by atoms with Crippen LogP contribution in [0.2, 0.25) is 0 Å². The number of unbranched alkanes of at least 4 members (excludes halogenated alkanes) is 2. The lowest BCUT2D eigenvalue weighted by atomic mass is 10.1. The molecule has 3 aromatic rings. The number of likely N-dealkylation sites (tertiary alicyclic amines) is 1. The molecule has 0 aliphatic carbocycles. The van der Waals surface area contributed by atoms with Gasteiger partial charge in [0.1, 0.15) is 11.6 Å². The highest BCUT2D eigenvalue weighted by Crippen LogP contribution is 2.23. The molecule has 0 radical (unpaired) electrons. The molecule has 1 aliphatic heterocycles. The Balaban J connectivity index is 1.30. The van der Waals surface area contributed by atoms with Crippen LogP contribution < -0.4 is 10.6 Å². The molecule has 7 nitrogen and oxygen atoms in total. The second-order valence-electron chi connectivity index (χ2n) is 7.86. The van der Waals surface area contributed by atoms with Gasteiger partial charge >= 0.3 is 0 Å². The van der Waals surface area contributed by atoms with Crippen LogP contribution in [0.3, 0.4) is 0 Å². The summed E-state index contributed by atoms with van der Waals surface area (Å²) in [7, 11) is 0. The molecule has 0 spiro atoms. The Hall–Kier alpha value is -2.19. The summed E-state index contributed by atoms with van der Waals surface area (Å²) in [5, 5.41) is 11.4. The van der Waals surface area contributed by atoms with E-state index in [1.807, 2.05) is 22.8 Å². The van der Waals surface area contributed by atoms with Crippen molar-refractivity contribution in [2.24, 2.45) is 0 Å². The van der Waals surface area contributed by atoms with Crippen LogP contribution in [0.15, 0.2) is 41.3 Å². The zero-order valence-corrected chi connectivity index (χ0v) is 18.9. The van der Waals surface area contributed by atoms with Crippen molar-refractivity contribution in [1.82, 2.24) is 24.5 Å². The van der Waals surface area contributed by atoms with Crippen molar-refractivity contribution >= 4 is 33.2 Å². The predicted molar refractivity (Wildman–Crippen MR) is 125 cm³/mol. The van der Waals surface area contributed by atoms with Crippen LogP contribution in [-0.4, -0.2) is 50.7 Å². The number of piperidine rings is 1. The van der Waals surface area contributed by atoms with Crippen molar-refractivity contribution in [2.75, 3.05) is 36.8 Å². The smallest absolute Gasteiger partial charge is 0.173 e. The molecular weight excluding hydrogens is 442 g/mol. The Morgan fingerprint density at radius 2 is 1.93 bits per heavy atom.